The van der Waals surface area contributed by atoms with Gasteiger partial charge in [0.15, 0.2) is 0 Å². The topological polar surface area (TPSA) is 197 Å². The summed E-state index contributed by atoms with van der Waals surface area (Å²) in [6.07, 6.45) is 5.37. The molecule has 8 atom stereocenters. The number of amides is 6. The smallest absolute Gasteiger partial charge is 0.247 e. The molecule has 1 aromatic carbocycles. The van der Waals surface area contributed by atoms with Gasteiger partial charge in [-0.3, -0.25) is 33.8 Å². The number of carbonyl (C=O) groups excluding carboxylic acids is 6. The highest BCUT2D eigenvalue weighted by Crippen LogP contribution is 2.26. The van der Waals surface area contributed by atoms with Crippen molar-refractivity contribution in [1.29, 1.82) is 0 Å². The number of rotatable bonds is 11. The summed E-state index contributed by atoms with van der Waals surface area (Å²) in [6.45, 7) is 21.4. The molecule has 59 heavy (non-hydrogen) atoms. The van der Waals surface area contributed by atoms with E-state index >= 15 is 0 Å². The normalized spacial score (nSPS) is 27.2. The molecule has 4 rings (SSSR count). The van der Waals surface area contributed by atoms with Crippen LogP contribution in [0.4, 0.5) is 0 Å². The number of nitrogens with zero attached hydrogens (tertiary/aromatic N) is 2. The number of hydrogen-bond donors (Lipinski definition) is 5. The van der Waals surface area contributed by atoms with Crippen molar-refractivity contribution in [2.75, 3.05) is 18.9 Å². The average Bonchev–Trinajstić information content (AvgIpc) is 3.91. The zero-order valence-electron chi connectivity index (χ0n) is 35.5. The Bertz CT molecular complexity index is 1820. The molecule has 0 aromatic heterocycles. The van der Waals surface area contributed by atoms with E-state index < -0.39 is 94.9 Å². The molecular weight excluding hydrogens is 775 g/mol. The van der Waals surface area contributed by atoms with Crippen molar-refractivity contribution in [3.63, 3.8) is 0 Å². The van der Waals surface area contributed by atoms with Gasteiger partial charge < -0.3 is 41.0 Å². The lowest BCUT2D eigenvalue weighted by Crippen LogP contribution is -2.62. The molecule has 1 unspecified atom stereocenters. The Morgan fingerprint density at radius 1 is 0.881 bits per heavy atom. The van der Waals surface area contributed by atoms with Crippen LogP contribution >= 0.6 is 11.8 Å². The van der Waals surface area contributed by atoms with Gasteiger partial charge in [0.2, 0.25) is 35.4 Å². The van der Waals surface area contributed by atoms with Gasteiger partial charge in [0.1, 0.15) is 41.3 Å². The van der Waals surface area contributed by atoms with Gasteiger partial charge >= 0.3 is 0 Å². The van der Waals surface area contributed by atoms with Gasteiger partial charge in [0, 0.05) is 12.3 Å². The summed E-state index contributed by atoms with van der Waals surface area (Å²) in [4.78, 5) is 90.7. The van der Waals surface area contributed by atoms with Crippen LogP contribution in [-0.2, 0) is 38.2 Å². The van der Waals surface area contributed by atoms with E-state index in [9.17, 15) is 28.8 Å². The van der Waals surface area contributed by atoms with Gasteiger partial charge in [-0.2, -0.15) is 0 Å². The maximum atomic E-state index is 14.3. The van der Waals surface area contributed by atoms with Crippen molar-refractivity contribution in [2.24, 2.45) is 10.9 Å². The van der Waals surface area contributed by atoms with Crippen molar-refractivity contribution in [1.82, 2.24) is 31.5 Å². The number of carbonyl (C=O) groups is 6. The number of nitrogens with one attached hydrogen (secondary N) is 5. The molecule has 1 saturated heterocycles. The lowest BCUT2D eigenvalue weighted by atomic mass is 9.97. The van der Waals surface area contributed by atoms with Crippen LogP contribution in [0.15, 0.2) is 66.3 Å². The highest BCUT2D eigenvalue weighted by atomic mass is 32.2. The molecule has 2 bridgehead atoms. The largest absolute Gasteiger partial charge is 0.369 e. The number of aliphatic imine (C=N–C) groups is 1. The third-order valence-electron chi connectivity index (χ3n) is 10.7. The van der Waals surface area contributed by atoms with E-state index in [-0.39, 0.29) is 12.4 Å². The summed E-state index contributed by atoms with van der Waals surface area (Å²) >= 11 is 1.26. The predicted molar refractivity (Wildman–Crippen MR) is 229 cm³/mol. The van der Waals surface area contributed by atoms with Crippen LogP contribution in [0.1, 0.15) is 80.2 Å². The summed E-state index contributed by atoms with van der Waals surface area (Å²) in [5, 5.41) is 14.5. The second-order valence-corrected chi connectivity index (χ2v) is 17.3. The van der Waals surface area contributed by atoms with Crippen molar-refractivity contribution >= 4 is 58.3 Å². The van der Waals surface area contributed by atoms with Crippen LogP contribution in [0, 0.1) is 5.92 Å². The van der Waals surface area contributed by atoms with Gasteiger partial charge in [-0.15, -0.1) is 24.9 Å². The molecule has 322 valence electrons. The number of hydrogen-bond acceptors (Lipinski definition) is 10. The molecule has 1 aromatic rings. The van der Waals surface area contributed by atoms with E-state index in [1.54, 1.807) is 66.7 Å². The molecule has 15 nitrogen and oxygen atoms in total. The summed E-state index contributed by atoms with van der Waals surface area (Å²) in [5.74, 6) is -3.79. The van der Waals surface area contributed by atoms with Gasteiger partial charge in [-0.05, 0) is 71.9 Å². The quantitative estimate of drug-likeness (QED) is 0.208. The van der Waals surface area contributed by atoms with E-state index in [0.717, 1.165) is 5.56 Å². The molecule has 3 aliphatic heterocycles. The number of benzene rings is 1. The zero-order valence-corrected chi connectivity index (χ0v) is 36.3. The Hall–Kier alpha value is -4.80. The minimum atomic E-state index is -1.35. The first-order valence-corrected chi connectivity index (χ1v) is 21.2. The number of thioether (sulfide) groups is 1. The lowest BCUT2D eigenvalue weighted by Gasteiger charge is -2.33. The van der Waals surface area contributed by atoms with Crippen molar-refractivity contribution < 1.29 is 38.2 Å². The van der Waals surface area contributed by atoms with Crippen LogP contribution in [0.3, 0.4) is 0 Å². The maximum absolute atomic E-state index is 14.3. The van der Waals surface area contributed by atoms with Crippen LogP contribution in [0.5, 0.6) is 0 Å². The van der Waals surface area contributed by atoms with Gasteiger partial charge in [-0.1, -0.05) is 62.8 Å². The van der Waals surface area contributed by atoms with E-state index in [0.29, 0.717) is 36.5 Å². The number of fused-ring (bicyclic) bond motifs is 2. The fourth-order valence-electron chi connectivity index (χ4n) is 6.65. The Morgan fingerprint density at radius 2 is 1.53 bits per heavy atom. The Morgan fingerprint density at radius 3 is 2.17 bits per heavy atom. The van der Waals surface area contributed by atoms with Gasteiger partial charge in [-0.25, -0.2) is 0 Å². The Balaban J connectivity index is 1.82. The SMILES string of the molecule is C=CC(C)(C)OC[C@@H]1NC(=O)C([C@@H](C)OC(C)(C)C=C)NC(=O)[C@@H]2CSC(=N2)C(=Cc2ccccc2)NC(=O)[C@@H]2CCCN2C(=O)[C@H](C)NC(=O)[C@H]([C@@H](C)CC)NC1=O. The fraction of sp³-hybridized carbons (Fsp3) is 0.558. The third kappa shape index (κ3) is 12.6. The van der Waals surface area contributed by atoms with E-state index in [1.165, 1.54) is 16.7 Å². The second-order valence-electron chi connectivity index (χ2n) is 16.3. The van der Waals surface area contributed by atoms with E-state index in [1.807, 2.05) is 37.3 Å². The van der Waals surface area contributed by atoms with Crippen LogP contribution in [0.2, 0.25) is 0 Å². The molecule has 16 heteroatoms. The fourth-order valence-corrected chi connectivity index (χ4v) is 7.66. The summed E-state index contributed by atoms with van der Waals surface area (Å²) in [7, 11) is 0. The van der Waals surface area contributed by atoms with E-state index in [4.69, 9.17) is 14.5 Å². The Labute approximate surface area is 352 Å². The van der Waals surface area contributed by atoms with Crippen LogP contribution in [0.25, 0.3) is 6.08 Å². The molecule has 3 heterocycles. The summed E-state index contributed by atoms with van der Waals surface area (Å²) in [6, 6.07) is 2.61. The van der Waals surface area contributed by atoms with Crippen LogP contribution in [-0.4, -0.2) is 118 Å². The summed E-state index contributed by atoms with van der Waals surface area (Å²) in [5.41, 5.74) is -0.699. The van der Waals surface area contributed by atoms with Crippen LogP contribution < -0.4 is 26.6 Å². The standard InChI is InChI=1S/C43H61N7O8S/c1-11-25(4)33-38(54)44-26(5)41(56)50-21-17-20-32(50)37(53)45-29(22-28-18-15-14-16-19-28)40-47-31(24-59-40)36(52)49-34(27(6)58-43(9,10)13-3)39(55)46-30(35(51)48-33)23-57-42(7,8)12-2/h12-16,18-19,22,25-27,30-34H,2-3,11,17,20-21,23-24H2,1,4-10H3,(H,44,54)(H,45,53)(H,46,55)(H,48,51)(H,49,52)/t25-,26-,27+,30-,31-,32-,33-,34?/m0/s1. The summed E-state index contributed by atoms with van der Waals surface area (Å²) < 4.78 is 12.2. The van der Waals surface area contributed by atoms with Gasteiger partial charge in [0.25, 0.3) is 0 Å². The average molecular weight is 836 g/mol. The molecule has 3 aliphatic rings. The highest BCUT2D eigenvalue weighted by molar-refractivity contribution is 8.14. The van der Waals surface area contributed by atoms with Crippen molar-refractivity contribution in [2.45, 2.75) is 128 Å². The monoisotopic (exact) mass is 835 g/mol. The first-order chi connectivity index (χ1) is 27.8. The lowest BCUT2D eigenvalue weighted by molar-refractivity contribution is -0.142. The molecule has 0 radical (unpaired) electrons. The highest BCUT2D eigenvalue weighted by Gasteiger charge is 2.41. The number of ether oxygens (including phenoxy) is 2. The van der Waals surface area contributed by atoms with Crippen molar-refractivity contribution in [3.8, 4) is 0 Å². The molecule has 0 aliphatic carbocycles. The van der Waals surface area contributed by atoms with Crippen molar-refractivity contribution in [3.05, 3.63) is 66.9 Å². The molecule has 5 N–H and O–H groups in total. The first-order valence-electron chi connectivity index (χ1n) is 20.2. The Kier molecular flexibility index (Phi) is 16.2. The maximum Gasteiger partial charge on any atom is 0.247 e. The minimum Gasteiger partial charge on any atom is -0.369 e. The third-order valence-corrected chi connectivity index (χ3v) is 11.8. The zero-order chi connectivity index (χ0) is 43.7. The first kappa shape index (κ1) is 46.9. The molecule has 1 fully saturated rings. The predicted octanol–water partition coefficient (Wildman–Crippen LogP) is 3.02. The second kappa shape index (κ2) is 20.4. The molecule has 0 spiro atoms. The molecule has 0 saturated carbocycles. The van der Waals surface area contributed by atoms with E-state index in [2.05, 4.69) is 39.7 Å². The van der Waals surface area contributed by atoms with Gasteiger partial charge in [0.05, 0.1) is 29.6 Å². The molecular formula is C43H61N7O8S. The molecule has 6 amide bonds. The minimum absolute atomic E-state index is 0.197.